The molecule has 0 aromatic heterocycles. The fraction of sp³-hybridized carbons (Fsp3) is 0.148. The minimum Gasteiger partial charge on any atom is -0.461 e. The van der Waals surface area contributed by atoms with Gasteiger partial charge in [0.05, 0.1) is 16.0 Å². The summed E-state index contributed by atoms with van der Waals surface area (Å²) >= 11 is 3.21. The average Bonchev–Trinajstić information content (AvgIpc) is 2.88. The van der Waals surface area contributed by atoms with Crippen molar-refractivity contribution in [1.82, 2.24) is 0 Å². The number of halogens is 2. The molecular weight excluding hydrogens is 503 g/mol. The van der Waals surface area contributed by atoms with Crippen LogP contribution in [0.4, 0.5) is 4.39 Å². The second-order valence-electron chi connectivity index (χ2n) is 7.69. The zero-order valence-electron chi connectivity index (χ0n) is 17.9. The number of alkyl halides is 2. The molecule has 172 valence electrons. The molecule has 0 N–H and O–H groups in total. The highest BCUT2D eigenvalue weighted by Gasteiger charge is 2.33. The van der Waals surface area contributed by atoms with Gasteiger partial charge in [0.2, 0.25) is 0 Å². The van der Waals surface area contributed by atoms with Crippen LogP contribution in [0.25, 0.3) is 21.5 Å². The van der Waals surface area contributed by atoms with Gasteiger partial charge >= 0.3 is 11.9 Å². The van der Waals surface area contributed by atoms with E-state index in [1.165, 1.54) is 0 Å². The predicted octanol–water partition coefficient (Wildman–Crippen LogP) is 5.68. The molecular formula is C27H20BrFO5. The molecule has 0 fully saturated rings. The van der Waals surface area contributed by atoms with E-state index in [0.717, 1.165) is 21.5 Å². The number of carbonyl (C=O) groups excluding carboxylic acids is 3. The number of carbonyl (C=O) groups is 3. The van der Waals surface area contributed by atoms with Crippen molar-refractivity contribution < 1.29 is 28.2 Å². The SMILES string of the molecule is O=CC(F)C(OC(=O)c1ccc2ccccc2c1)C(Br)COC(=O)c1ccc2ccccc2c1. The van der Waals surface area contributed by atoms with E-state index in [2.05, 4.69) is 15.9 Å². The molecule has 0 heterocycles. The van der Waals surface area contributed by atoms with Crippen molar-refractivity contribution in [3.05, 3.63) is 96.1 Å². The van der Waals surface area contributed by atoms with Crippen LogP contribution in [0.1, 0.15) is 20.7 Å². The first-order valence-corrected chi connectivity index (χ1v) is 11.5. The first-order chi connectivity index (χ1) is 16.5. The lowest BCUT2D eigenvalue weighted by Crippen LogP contribution is -2.39. The highest BCUT2D eigenvalue weighted by Crippen LogP contribution is 2.22. The van der Waals surface area contributed by atoms with Gasteiger partial charge in [-0.1, -0.05) is 76.6 Å². The quantitative estimate of drug-likeness (QED) is 0.169. The zero-order chi connectivity index (χ0) is 24.1. The van der Waals surface area contributed by atoms with Gasteiger partial charge in [-0.15, -0.1) is 0 Å². The van der Waals surface area contributed by atoms with E-state index in [9.17, 15) is 18.8 Å². The van der Waals surface area contributed by atoms with E-state index in [-0.39, 0.29) is 18.5 Å². The maximum Gasteiger partial charge on any atom is 0.338 e. The Hall–Kier alpha value is -3.58. The van der Waals surface area contributed by atoms with E-state index < -0.39 is 29.0 Å². The molecule has 0 radical (unpaired) electrons. The number of hydrogen-bond acceptors (Lipinski definition) is 5. The van der Waals surface area contributed by atoms with E-state index >= 15 is 0 Å². The van der Waals surface area contributed by atoms with Gasteiger partial charge < -0.3 is 9.47 Å². The fourth-order valence-corrected chi connectivity index (χ4v) is 4.11. The average molecular weight is 523 g/mol. The monoisotopic (exact) mass is 522 g/mol. The maximum atomic E-state index is 14.4. The van der Waals surface area contributed by atoms with Gasteiger partial charge in [-0.2, -0.15) is 0 Å². The van der Waals surface area contributed by atoms with Crippen LogP contribution in [-0.2, 0) is 14.3 Å². The smallest absolute Gasteiger partial charge is 0.338 e. The molecule has 34 heavy (non-hydrogen) atoms. The molecule has 3 unspecified atom stereocenters. The zero-order valence-corrected chi connectivity index (χ0v) is 19.5. The molecule has 0 aliphatic heterocycles. The molecule has 0 aliphatic carbocycles. The Morgan fingerprint density at radius 1 is 0.794 bits per heavy atom. The highest BCUT2D eigenvalue weighted by molar-refractivity contribution is 9.09. The Bertz CT molecular complexity index is 1360. The van der Waals surface area contributed by atoms with Gasteiger partial charge in [0.25, 0.3) is 0 Å². The summed E-state index contributed by atoms with van der Waals surface area (Å²) < 4.78 is 25.0. The number of rotatable bonds is 8. The van der Waals surface area contributed by atoms with Gasteiger partial charge in [0.1, 0.15) is 6.61 Å². The topological polar surface area (TPSA) is 69.7 Å². The lowest BCUT2D eigenvalue weighted by atomic mass is 10.1. The van der Waals surface area contributed by atoms with Crippen molar-refractivity contribution in [3.63, 3.8) is 0 Å². The Morgan fingerprint density at radius 3 is 1.82 bits per heavy atom. The Balaban J connectivity index is 1.44. The first-order valence-electron chi connectivity index (χ1n) is 10.6. The normalized spacial score (nSPS) is 13.7. The minimum atomic E-state index is -2.10. The summed E-state index contributed by atoms with van der Waals surface area (Å²) in [4.78, 5) is 35.4. The summed E-state index contributed by atoms with van der Waals surface area (Å²) in [5.41, 5.74) is 0.546. The molecule has 4 rings (SSSR count). The van der Waals surface area contributed by atoms with E-state index in [0.29, 0.717) is 5.56 Å². The molecule has 7 heteroatoms. The lowest BCUT2D eigenvalue weighted by molar-refractivity contribution is -0.115. The molecule has 5 nitrogen and oxygen atoms in total. The predicted molar refractivity (Wildman–Crippen MR) is 131 cm³/mol. The second kappa shape index (κ2) is 10.6. The van der Waals surface area contributed by atoms with Gasteiger partial charge in [0, 0.05) is 0 Å². The van der Waals surface area contributed by atoms with Gasteiger partial charge in [-0.05, 0) is 45.8 Å². The molecule has 0 spiro atoms. The number of benzene rings is 4. The van der Waals surface area contributed by atoms with Crippen LogP contribution in [-0.4, -0.2) is 41.9 Å². The van der Waals surface area contributed by atoms with Crippen LogP contribution in [0.5, 0.6) is 0 Å². The van der Waals surface area contributed by atoms with Gasteiger partial charge in [-0.3, -0.25) is 4.79 Å². The molecule has 0 amide bonds. The number of fused-ring (bicyclic) bond motifs is 2. The van der Waals surface area contributed by atoms with Crippen LogP contribution >= 0.6 is 15.9 Å². The molecule has 3 atom stereocenters. The third kappa shape index (κ3) is 5.31. The van der Waals surface area contributed by atoms with E-state index in [1.54, 1.807) is 36.4 Å². The van der Waals surface area contributed by atoms with Gasteiger partial charge in [0.15, 0.2) is 18.6 Å². The van der Waals surface area contributed by atoms with Crippen molar-refractivity contribution in [3.8, 4) is 0 Å². The van der Waals surface area contributed by atoms with E-state index in [4.69, 9.17) is 9.47 Å². The van der Waals surface area contributed by atoms with Gasteiger partial charge in [-0.25, -0.2) is 14.0 Å². The van der Waals surface area contributed by atoms with E-state index in [1.807, 2.05) is 48.5 Å². The standard InChI is InChI=1S/C27H20BrFO5/c28-23(16-33-26(31)21-11-9-17-5-1-3-7-19(17)13-21)25(24(29)15-30)34-27(32)22-12-10-18-6-2-4-8-20(18)14-22/h1-15,23-25H,16H2. The van der Waals surface area contributed by atoms with Crippen LogP contribution < -0.4 is 0 Å². The first kappa shape index (κ1) is 23.6. The highest BCUT2D eigenvalue weighted by atomic mass is 79.9. The number of hydrogen-bond donors (Lipinski definition) is 0. The van der Waals surface area contributed by atoms with Crippen LogP contribution in [0.2, 0.25) is 0 Å². The van der Waals surface area contributed by atoms with Crippen molar-refractivity contribution in [2.45, 2.75) is 17.1 Å². The largest absolute Gasteiger partial charge is 0.461 e. The summed E-state index contributed by atoms with van der Waals surface area (Å²) in [5.74, 6) is -1.40. The van der Waals surface area contributed by atoms with Crippen LogP contribution in [0.3, 0.4) is 0 Å². The number of esters is 2. The molecule has 0 aliphatic rings. The lowest BCUT2D eigenvalue weighted by Gasteiger charge is -2.23. The fourth-order valence-electron chi connectivity index (χ4n) is 3.57. The Morgan fingerprint density at radius 2 is 1.29 bits per heavy atom. The summed E-state index contributed by atoms with van der Waals surface area (Å²) in [7, 11) is 0. The van der Waals surface area contributed by atoms with Crippen molar-refractivity contribution >= 4 is 55.7 Å². The van der Waals surface area contributed by atoms with Crippen LogP contribution in [0.15, 0.2) is 84.9 Å². The third-order valence-electron chi connectivity index (χ3n) is 5.39. The third-order valence-corrected chi connectivity index (χ3v) is 6.17. The summed E-state index contributed by atoms with van der Waals surface area (Å²) in [6.07, 6.45) is -3.54. The summed E-state index contributed by atoms with van der Waals surface area (Å²) in [6, 6.07) is 25.1. The second-order valence-corrected chi connectivity index (χ2v) is 8.86. The molecule has 0 saturated carbocycles. The summed E-state index contributed by atoms with van der Waals surface area (Å²) in [5, 5.41) is 3.61. The summed E-state index contributed by atoms with van der Waals surface area (Å²) in [6.45, 7) is -0.310. The Labute approximate surface area is 203 Å². The molecule has 0 bridgehead atoms. The maximum absolute atomic E-state index is 14.4. The molecule has 0 saturated heterocycles. The van der Waals surface area contributed by atoms with Crippen molar-refractivity contribution in [2.24, 2.45) is 0 Å². The number of aldehydes is 1. The Kier molecular flexibility index (Phi) is 7.33. The van der Waals surface area contributed by atoms with Crippen molar-refractivity contribution in [2.75, 3.05) is 6.61 Å². The molecule has 4 aromatic carbocycles. The minimum absolute atomic E-state index is 0.0533. The van der Waals surface area contributed by atoms with Crippen LogP contribution in [0, 0.1) is 0 Å². The number of ether oxygens (including phenoxy) is 2. The van der Waals surface area contributed by atoms with Crippen molar-refractivity contribution in [1.29, 1.82) is 0 Å². The molecule has 4 aromatic rings.